The molecule has 0 aromatic heterocycles. The van der Waals surface area contributed by atoms with E-state index in [2.05, 4.69) is 48.5 Å². The van der Waals surface area contributed by atoms with Crippen LogP contribution < -0.4 is 5.73 Å². The first kappa shape index (κ1) is 15.9. The number of carbonyl (C=O) groups is 1. The Kier molecular flexibility index (Phi) is 3.75. The fraction of sp³-hybridized carbons (Fsp3) is 0.409. The Morgan fingerprint density at radius 3 is 2.31 bits per heavy atom. The van der Waals surface area contributed by atoms with Crippen molar-refractivity contribution >= 4 is 6.09 Å². The van der Waals surface area contributed by atoms with Crippen LogP contribution in [0.3, 0.4) is 0 Å². The molecule has 3 atom stereocenters. The molecule has 1 aliphatic carbocycles. The fourth-order valence-corrected chi connectivity index (χ4v) is 5.32. The normalized spacial score (nSPS) is 26.0. The molecule has 26 heavy (non-hydrogen) atoms. The summed E-state index contributed by atoms with van der Waals surface area (Å²) in [6.45, 7) is 1.06. The molecule has 5 rings (SSSR count). The van der Waals surface area contributed by atoms with Crippen molar-refractivity contribution in [3.8, 4) is 11.1 Å². The number of ether oxygens (including phenoxy) is 1. The molecule has 2 saturated heterocycles. The predicted octanol–water partition coefficient (Wildman–Crippen LogP) is 3.75. The van der Waals surface area contributed by atoms with Crippen LogP contribution in [0.1, 0.15) is 36.3 Å². The molecule has 2 bridgehead atoms. The van der Waals surface area contributed by atoms with Crippen molar-refractivity contribution in [3.63, 3.8) is 0 Å². The highest BCUT2D eigenvalue weighted by molar-refractivity contribution is 5.79. The van der Waals surface area contributed by atoms with Gasteiger partial charge in [0, 0.05) is 18.0 Å². The minimum Gasteiger partial charge on any atom is -0.448 e. The molecule has 2 N–H and O–H groups in total. The summed E-state index contributed by atoms with van der Waals surface area (Å²) >= 11 is 0. The van der Waals surface area contributed by atoms with Gasteiger partial charge in [0.15, 0.2) is 0 Å². The van der Waals surface area contributed by atoms with E-state index in [0.29, 0.717) is 25.1 Å². The topological polar surface area (TPSA) is 55.6 Å². The second-order valence-electron chi connectivity index (χ2n) is 7.74. The molecule has 3 unspecified atom stereocenters. The van der Waals surface area contributed by atoms with Crippen molar-refractivity contribution in [2.75, 3.05) is 13.2 Å². The number of rotatable bonds is 3. The fourth-order valence-electron chi connectivity index (χ4n) is 5.32. The largest absolute Gasteiger partial charge is 0.448 e. The first-order valence-electron chi connectivity index (χ1n) is 9.61. The lowest BCUT2D eigenvalue weighted by molar-refractivity contribution is 0.0923. The first-order valence-corrected chi connectivity index (χ1v) is 9.61. The van der Waals surface area contributed by atoms with Crippen LogP contribution in [0.5, 0.6) is 0 Å². The Morgan fingerprint density at radius 1 is 1.04 bits per heavy atom. The summed E-state index contributed by atoms with van der Waals surface area (Å²) < 4.78 is 5.84. The molecule has 2 aromatic rings. The minimum absolute atomic E-state index is 0.122. The maximum Gasteiger partial charge on any atom is 0.410 e. The van der Waals surface area contributed by atoms with E-state index in [4.69, 9.17) is 10.5 Å². The summed E-state index contributed by atoms with van der Waals surface area (Å²) in [4.78, 5) is 14.8. The third kappa shape index (κ3) is 2.28. The molecule has 2 aromatic carbocycles. The Morgan fingerprint density at radius 2 is 1.69 bits per heavy atom. The van der Waals surface area contributed by atoms with Crippen LogP contribution >= 0.6 is 0 Å². The van der Waals surface area contributed by atoms with Crippen molar-refractivity contribution in [1.29, 1.82) is 0 Å². The molecule has 4 heteroatoms. The van der Waals surface area contributed by atoms with Crippen molar-refractivity contribution in [1.82, 2.24) is 4.90 Å². The van der Waals surface area contributed by atoms with E-state index in [9.17, 15) is 4.79 Å². The zero-order valence-corrected chi connectivity index (χ0v) is 14.8. The molecular formula is C22H24N2O2. The smallest absolute Gasteiger partial charge is 0.410 e. The van der Waals surface area contributed by atoms with E-state index >= 15 is 0 Å². The van der Waals surface area contributed by atoms with Gasteiger partial charge in [0.1, 0.15) is 6.61 Å². The Labute approximate surface area is 153 Å². The number of hydrogen-bond donors (Lipinski definition) is 1. The van der Waals surface area contributed by atoms with Crippen LogP contribution in [0.15, 0.2) is 48.5 Å². The second-order valence-corrected chi connectivity index (χ2v) is 7.74. The third-order valence-corrected chi connectivity index (χ3v) is 6.51. The van der Waals surface area contributed by atoms with E-state index in [1.807, 2.05) is 4.90 Å². The summed E-state index contributed by atoms with van der Waals surface area (Å²) in [5, 5.41) is 0. The van der Waals surface area contributed by atoms with Crippen LogP contribution in [0.4, 0.5) is 4.79 Å². The van der Waals surface area contributed by atoms with Gasteiger partial charge in [-0.25, -0.2) is 4.79 Å². The van der Waals surface area contributed by atoms with Gasteiger partial charge in [-0.15, -0.1) is 0 Å². The van der Waals surface area contributed by atoms with Crippen molar-refractivity contribution in [3.05, 3.63) is 59.7 Å². The molecule has 0 saturated carbocycles. The Balaban J connectivity index is 1.35. The zero-order valence-electron chi connectivity index (χ0n) is 14.8. The molecule has 1 amide bonds. The maximum atomic E-state index is 12.8. The maximum absolute atomic E-state index is 12.8. The van der Waals surface area contributed by atoms with E-state index in [1.165, 1.54) is 22.3 Å². The number of hydrogen-bond acceptors (Lipinski definition) is 3. The molecule has 134 valence electrons. The van der Waals surface area contributed by atoms with Gasteiger partial charge in [-0.1, -0.05) is 48.5 Å². The second kappa shape index (κ2) is 6.13. The number of nitrogens with zero attached hydrogens (tertiary/aromatic N) is 1. The van der Waals surface area contributed by atoms with Gasteiger partial charge < -0.3 is 15.4 Å². The van der Waals surface area contributed by atoms with Gasteiger partial charge in [-0.2, -0.15) is 0 Å². The SMILES string of the molecule is NCC1CC2CCC1N2C(=O)OCC1c2ccccc2-c2ccccc21. The summed E-state index contributed by atoms with van der Waals surface area (Å²) in [5.41, 5.74) is 10.9. The minimum atomic E-state index is -0.157. The zero-order chi connectivity index (χ0) is 17.7. The van der Waals surface area contributed by atoms with Gasteiger partial charge >= 0.3 is 6.09 Å². The van der Waals surface area contributed by atoms with Crippen LogP contribution in [-0.4, -0.2) is 36.2 Å². The van der Waals surface area contributed by atoms with Gasteiger partial charge in [0.05, 0.1) is 0 Å². The van der Waals surface area contributed by atoms with Crippen molar-refractivity contribution in [2.24, 2.45) is 11.7 Å². The highest BCUT2D eigenvalue weighted by atomic mass is 16.6. The number of nitrogens with two attached hydrogens (primary N) is 1. The van der Waals surface area contributed by atoms with E-state index in [-0.39, 0.29) is 18.1 Å². The highest BCUT2D eigenvalue weighted by Gasteiger charge is 2.48. The van der Waals surface area contributed by atoms with Crippen LogP contribution in [-0.2, 0) is 4.74 Å². The van der Waals surface area contributed by atoms with Gasteiger partial charge in [-0.05, 0) is 54.0 Å². The van der Waals surface area contributed by atoms with Crippen molar-refractivity contribution in [2.45, 2.75) is 37.3 Å². The summed E-state index contributed by atoms with van der Waals surface area (Å²) in [6, 6.07) is 17.5. The molecule has 2 aliphatic heterocycles. The van der Waals surface area contributed by atoms with Gasteiger partial charge in [-0.3, -0.25) is 0 Å². The van der Waals surface area contributed by atoms with Crippen LogP contribution in [0.2, 0.25) is 0 Å². The van der Waals surface area contributed by atoms with Crippen LogP contribution in [0.25, 0.3) is 11.1 Å². The predicted molar refractivity (Wildman–Crippen MR) is 101 cm³/mol. The van der Waals surface area contributed by atoms with Crippen molar-refractivity contribution < 1.29 is 9.53 Å². The Hall–Kier alpha value is -2.33. The monoisotopic (exact) mass is 348 g/mol. The number of carbonyl (C=O) groups excluding carboxylic acids is 1. The Bertz CT molecular complexity index is 804. The lowest BCUT2D eigenvalue weighted by Crippen LogP contribution is -2.38. The van der Waals surface area contributed by atoms with Gasteiger partial charge in [0.2, 0.25) is 0 Å². The van der Waals surface area contributed by atoms with E-state index in [0.717, 1.165) is 19.3 Å². The first-order chi connectivity index (χ1) is 12.8. The summed E-state index contributed by atoms with van der Waals surface area (Å²) in [7, 11) is 0. The molecule has 0 spiro atoms. The molecule has 4 nitrogen and oxygen atoms in total. The lowest BCUT2D eigenvalue weighted by atomic mass is 9.89. The third-order valence-electron chi connectivity index (χ3n) is 6.51. The summed E-state index contributed by atoms with van der Waals surface area (Å²) in [5.74, 6) is 0.561. The standard InChI is InChI=1S/C22H24N2O2/c23-12-14-11-15-9-10-21(14)24(15)22(25)26-13-20-18-7-3-1-5-16(18)17-6-2-4-8-19(17)20/h1-8,14-15,20-21H,9-13,23H2. The quantitative estimate of drug-likeness (QED) is 0.919. The number of benzene rings is 2. The summed E-state index contributed by atoms with van der Waals surface area (Å²) in [6.07, 6.45) is 3.03. The highest BCUT2D eigenvalue weighted by Crippen LogP contribution is 2.45. The molecular weight excluding hydrogens is 324 g/mol. The lowest BCUT2D eigenvalue weighted by Gasteiger charge is -2.24. The molecule has 0 radical (unpaired) electrons. The van der Waals surface area contributed by atoms with E-state index < -0.39 is 0 Å². The average Bonchev–Trinajstić information content (AvgIpc) is 3.35. The van der Waals surface area contributed by atoms with Crippen LogP contribution in [0, 0.1) is 5.92 Å². The average molecular weight is 348 g/mol. The molecule has 2 fully saturated rings. The molecule has 3 aliphatic rings. The van der Waals surface area contributed by atoms with E-state index in [1.54, 1.807) is 0 Å². The number of amides is 1. The number of fused-ring (bicyclic) bond motifs is 5. The molecule has 2 heterocycles. The van der Waals surface area contributed by atoms with Gasteiger partial charge in [0.25, 0.3) is 0 Å².